The summed E-state index contributed by atoms with van der Waals surface area (Å²) in [6.45, 7) is 7.19. The molecule has 0 aromatic rings. The van der Waals surface area contributed by atoms with Gasteiger partial charge < -0.3 is 10.2 Å². The van der Waals surface area contributed by atoms with Crippen molar-refractivity contribution in [3.63, 3.8) is 0 Å². The SMILES string of the molecule is CC1(C)CC(=O)N2CCNCC21. The van der Waals surface area contributed by atoms with Crippen LogP contribution in [0.15, 0.2) is 0 Å². The van der Waals surface area contributed by atoms with Crippen LogP contribution in [0.5, 0.6) is 0 Å². The number of carbonyl (C=O) groups is 1. The van der Waals surface area contributed by atoms with Gasteiger partial charge in [-0.25, -0.2) is 0 Å². The van der Waals surface area contributed by atoms with Crippen molar-refractivity contribution in [3.05, 3.63) is 0 Å². The highest BCUT2D eigenvalue weighted by Crippen LogP contribution is 2.37. The van der Waals surface area contributed by atoms with E-state index in [9.17, 15) is 4.79 Å². The number of piperazine rings is 1. The molecule has 0 radical (unpaired) electrons. The summed E-state index contributed by atoms with van der Waals surface area (Å²) in [5, 5.41) is 3.34. The van der Waals surface area contributed by atoms with Gasteiger partial charge in [0.2, 0.25) is 5.91 Å². The van der Waals surface area contributed by atoms with E-state index < -0.39 is 0 Å². The first-order valence-corrected chi connectivity index (χ1v) is 4.61. The zero-order chi connectivity index (χ0) is 8.77. The lowest BCUT2D eigenvalue weighted by molar-refractivity contribution is -0.129. The molecule has 2 saturated heterocycles. The Kier molecular flexibility index (Phi) is 1.65. The molecule has 2 aliphatic rings. The van der Waals surface area contributed by atoms with Crippen LogP contribution >= 0.6 is 0 Å². The second-order valence-electron chi connectivity index (χ2n) is 4.47. The fourth-order valence-electron chi connectivity index (χ4n) is 2.31. The predicted molar refractivity (Wildman–Crippen MR) is 46.8 cm³/mol. The van der Waals surface area contributed by atoms with Crippen molar-refractivity contribution in [3.8, 4) is 0 Å². The van der Waals surface area contributed by atoms with Crippen LogP contribution in [0.3, 0.4) is 0 Å². The van der Waals surface area contributed by atoms with Gasteiger partial charge in [0.15, 0.2) is 0 Å². The molecule has 0 spiro atoms. The number of hydrogen-bond donors (Lipinski definition) is 1. The Bertz CT molecular complexity index is 213. The van der Waals surface area contributed by atoms with Crippen LogP contribution in [0.1, 0.15) is 20.3 Å². The minimum atomic E-state index is 0.171. The van der Waals surface area contributed by atoms with Gasteiger partial charge in [-0.15, -0.1) is 0 Å². The van der Waals surface area contributed by atoms with Crippen molar-refractivity contribution in [2.45, 2.75) is 26.3 Å². The quantitative estimate of drug-likeness (QED) is 0.561. The molecule has 1 N–H and O–H groups in total. The third kappa shape index (κ3) is 1.04. The number of nitrogens with zero attached hydrogens (tertiary/aromatic N) is 1. The van der Waals surface area contributed by atoms with Crippen molar-refractivity contribution in [1.82, 2.24) is 10.2 Å². The lowest BCUT2D eigenvalue weighted by Crippen LogP contribution is -2.52. The number of rotatable bonds is 0. The van der Waals surface area contributed by atoms with E-state index >= 15 is 0 Å². The molecule has 12 heavy (non-hydrogen) atoms. The molecule has 1 atom stereocenters. The van der Waals surface area contributed by atoms with Crippen LogP contribution in [0.2, 0.25) is 0 Å². The van der Waals surface area contributed by atoms with E-state index in [1.54, 1.807) is 0 Å². The Morgan fingerprint density at radius 2 is 2.33 bits per heavy atom. The maximum absolute atomic E-state index is 11.5. The molecule has 2 fully saturated rings. The van der Waals surface area contributed by atoms with Gasteiger partial charge in [-0.05, 0) is 5.41 Å². The van der Waals surface area contributed by atoms with Crippen LogP contribution in [0.4, 0.5) is 0 Å². The van der Waals surface area contributed by atoms with Gasteiger partial charge in [0, 0.05) is 32.1 Å². The standard InChI is InChI=1S/C9H16N2O/c1-9(2)5-8(12)11-4-3-10-6-7(9)11/h7,10H,3-6H2,1-2H3. The summed E-state index contributed by atoms with van der Waals surface area (Å²) in [5.74, 6) is 0.339. The molecular weight excluding hydrogens is 152 g/mol. The summed E-state index contributed by atoms with van der Waals surface area (Å²) >= 11 is 0. The Balaban J connectivity index is 2.22. The van der Waals surface area contributed by atoms with E-state index in [2.05, 4.69) is 19.2 Å². The average molecular weight is 168 g/mol. The summed E-state index contributed by atoms with van der Waals surface area (Å²) in [6, 6.07) is 0.429. The first-order valence-electron chi connectivity index (χ1n) is 4.61. The summed E-state index contributed by atoms with van der Waals surface area (Å²) in [5.41, 5.74) is 0.171. The lowest BCUT2D eigenvalue weighted by atomic mass is 9.84. The summed E-state index contributed by atoms with van der Waals surface area (Å²) in [7, 11) is 0. The highest BCUT2D eigenvalue weighted by molar-refractivity contribution is 5.80. The number of carbonyl (C=O) groups excluding carboxylic acids is 1. The minimum Gasteiger partial charge on any atom is -0.337 e. The molecule has 2 rings (SSSR count). The number of amides is 1. The van der Waals surface area contributed by atoms with Gasteiger partial charge in [-0.3, -0.25) is 4.79 Å². The Morgan fingerprint density at radius 3 is 3.00 bits per heavy atom. The maximum Gasteiger partial charge on any atom is 0.223 e. The van der Waals surface area contributed by atoms with Gasteiger partial charge in [0.05, 0.1) is 0 Å². The molecule has 68 valence electrons. The van der Waals surface area contributed by atoms with Crippen LogP contribution in [0, 0.1) is 5.41 Å². The third-order valence-electron chi connectivity index (χ3n) is 3.07. The van der Waals surface area contributed by atoms with Crippen LogP contribution in [-0.2, 0) is 4.79 Å². The van der Waals surface area contributed by atoms with E-state index in [0.717, 1.165) is 26.1 Å². The molecule has 0 saturated carbocycles. The van der Waals surface area contributed by atoms with E-state index in [-0.39, 0.29) is 5.41 Å². The van der Waals surface area contributed by atoms with Crippen molar-refractivity contribution in [2.75, 3.05) is 19.6 Å². The Labute approximate surface area is 73.1 Å². The molecule has 1 amide bonds. The molecule has 3 heteroatoms. The molecule has 0 bridgehead atoms. The Hall–Kier alpha value is -0.570. The van der Waals surface area contributed by atoms with E-state index in [4.69, 9.17) is 0 Å². The first-order chi connectivity index (χ1) is 5.61. The summed E-state index contributed by atoms with van der Waals surface area (Å²) < 4.78 is 0. The van der Waals surface area contributed by atoms with Gasteiger partial charge >= 0.3 is 0 Å². The van der Waals surface area contributed by atoms with Gasteiger partial charge in [-0.1, -0.05) is 13.8 Å². The fraction of sp³-hybridized carbons (Fsp3) is 0.889. The topological polar surface area (TPSA) is 32.3 Å². The molecule has 0 aromatic carbocycles. The fourth-order valence-corrected chi connectivity index (χ4v) is 2.31. The van der Waals surface area contributed by atoms with Crippen LogP contribution in [0.25, 0.3) is 0 Å². The first kappa shape index (κ1) is 8.05. The zero-order valence-corrected chi connectivity index (χ0v) is 7.76. The molecular formula is C9H16N2O. The van der Waals surface area contributed by atoms with Crippen molar-refractivity contribution in [1.29, 1.82) is 0 Å². The molecule has 2 heterocycles. The highest BCUT2D eigenvalue weighted by Gasteiger charge is 2.45. The molecule has 1 unspecified atom stereocenters. The lowest BCUT2D eigenvalue weighted by Gasteiger charge is -2.36. The number of fused-ring (bicyclic) bond motifs is 1. The Morgan fingerprint density at radius 1 is 1.58 bits per heavy atom. The molecule has 0 aliphatic carbocycles. The monoisotopic (exact) mass is 168 g/mol. The predicted octanol–water partition coefficient (Wildman–Crippen LogP) is 0.217. The molecule has 2 aliphatic heterocycles. The average Bonchev–Trinajstić information content (AvgIpc) is 2.25. The van der Waals surface area contributed by atoms with E-state index in [1.807, 2.05) is 4.90 Å². The van der Waals surface area contributed by atoms with E-state index in [0.29, 0.717) is 11.9 Å². The smallest absolute Gasteiger partial charge is 0.223 e. The van der Waals surface area contributed by atoms with Gasteiger partial charge in [-0.2, -0.15) is 0 Å². The second kappa shape index (κ2) is 2.46. The number of hydrogen-bond acceptors (Lipinski definition) is 2. The molecule has 0 aromatic heterocycles. The summed E-state index contributed by atoms with van der Waals surface area (Å²) in [4.78, 5) is 13.6. The van der Waals surface area contributed by atoms with Crippen molar-refractivity contribution in [2.24, 2.45) is 5.41 Å². The minimum absolute atomic E-state index is 0.171. The third-order valence-corrected chi connectivity index (χ3v) is 3.07. The molecule has 3 nitrogen and oxygen atoms in total. The van der Waals surface area contributed by atoms with Crippen molar-refractivity contribution < 1.29 is 4.79 Å². The number of nitrogens with one attached hydrogen (secondary N) is 1. The van der Waals surface area contributed by atoms with Gasteiger partial charge in [0.25, 0.3) is 0 Å². The highest BCUT2D eigenvalue weighted by atomic mass is 16.2. The van der Waals surface area contributed by atoms with Crippen LogP contribution < -0.4 is 5.32 Å². The summed E-state index contributed by atoms with van der Waals surface area (Å²) in [6.07, 6.45) is 0.722. The largest absolute Gasteiger partial charge is 0.337 e. The zero-order valence-electron chi connectivity index (χ0n) is 7.76. The van der Waals surface area contributed by atoms with Crippen LogP contribution in [-0.4, -0.2) is 36.5 Å². The normalized spacial score (nSPS) is 33.7. The maximum atomic E-state index is 11.5. The van der Waals surface area contributed by atoms with Gasteiger partial charge in [0.1, 0.15) is 0 Å². The van der Waals surface area contributed by atoms with Crippen molar-refractivity contribution >= 4 is 5.91 Å². The second-order valence-corrected chi connectivity index (χ2v) is 4.47. The van der Waals surface area contributed by atoms with E-state index in [1.165, 1.54) is 0 Å².